The summed E-state index contributed by atoms with van der Waals surface area (Å²) in [4.78, 5) is 17.8. The second kappa shape index (κ2) is 9.83. The molecule has 2 aromatic heterocycles. The minimum Gasteiger partial charge on any atom is -0.467 e. The summed E-state index contributed by atoms with van der Waals surface area (Å²) in [7, 11) is 0. The van der Waals surface area contributed by atoms with Crippen LogP contribution in [0.15, 0.2) is 76.1 Å². The van der Waals surface area contributed by atoms with Crippen molar-refractivity contribution in [2.45, 2.75) is 33.4 Å². The Morgan fingerprint density at radius 1 is 1.03 bits per heavy atom. The lowest BCUT2D eigenvalue weighted by molar-refractivity contribution is 0.350. The number of nitrogens with zero attached hydrogens (tertiary/aromatic N) is 1. The Morgan fingerprint density at radius 2 is 1.81 bits per heavy atom. The van der Waals surface area contributed by atoms with E-state index in [1.807, 2.05) is 54.3 Å². The quantitative estimate of drug-likeness (QED) is 0.398. The van der Waals surface area contributed by atoms with Crippen LogP contribution in [-0.2, 0) is 19.5 Å². The number of hydrogen-bond donors (Lipinski definition) is 2. The molecular formula is C26H27N3O2S. The normalized spacial score (nSPS) is 10.9. The molecule has 2 heterocycles. The van der Waals surface area contributed by atoms with Crippen molar-refractivity contribution in [3.8, 4) is 0 Å². The third kappa shape index (κ3) is 5.26. The Bertz CT molecular complexity index is 1260. The first kappa shape index (κ1) is 21.8. The molecule has 0 fully saturated rings. The zero-order valence-electron chi connectivity index (χ0n) is 18.4. The average molecular weight is 446 g/mol. The number of aryl methyl sites for hydroxylation is 2. The number of thiocarbonyl (C=S) groups is 1. The number of pyridine rings is 1. The van der Waals surface area contributed by atoms with Crippen LogP contribution in [0.5, 0.6) is 0 Å². The van der Waals surface area contributed by atoms with Crippen molar-refractivity contribution in [2.24, 2.45) is 0 Å². The lowest BCUT2D eigenvalue weighted by Crippen LogP contribution is -2.40. The van der Waals surface area contributed by atoms with Crippen molar-refractivity contribution in [3.05, 3.63) is 105 Å². The Hall–Kier alpha value is -3.38. The van der Waals surface area contributed by atoms with Gasteiger partial charge in [-0.3, -0.25) is 4.79 Å². The molecule has 6 heteroatoms. The maximum absolute atomic E-state index is 12.8. The number of fused-ring (bicyclic) bond motifs is 1. The van der Waals surface area contributed by atoms with E-state index in [0.717, 1.165) is 28.6 Å². The first-order valence-electron chi connectivity index (χ1n) is 10.7. The number of aromatic amines is 1. The molecule has 5 nitrogen and oxygen atoms in total. The van der Waals surface area contributed by atoms with Crippen molar-refractivity contribution in [1.29, 1.82) is 0 Å². The van der Waals surface area contributed by atoms with Crippen LogP contribution in [-0.4, -0.2) is 21.5 Å². The van der Waals surface area contributed by atoms with Crippen LogP contribution in [0, 0.1) is 13.8 Å². The van der Waals surface area contributed by atoms with Crippen molar-refractivity contribution >= 4 is 28.2 Å². The van der Waals surface area contributed by atoms with Gasteiger partial charge in [-0.2, -0.15) is 0 Å². The lowest BCUT2D eigenvalue weighted by atomic mass is 10.0. The summed E-state index contributed by atoms with van der Waals surface area (Å²) in [5, 5.41) is 4.95. The van der Waals surface area contributed by atoms with E-state index in [-0.39, 0.29) is 5.56 Å². The van der Waals surface area contributed by atoms with E-state index in [1.165, 1.54) is 11.1 Å². The molecule has 0 spiro atoms. The molecule has 0 atom stereocenters. The second-order valence-electron chi connectivity index (χ2n) is 8.05. The number of rotatable bonds is 7. The van der Waals surface area contributed by atoms with E-state index in [9.17, 15) is 4.79 Å². The number of hydrogen-bond acceptors (Lipinski definition) is 3. The minimum atomic E-state index is -0.0997. The van der Waals surface area contributed by atoms with Gasteiger partial charge in [-0.25, -0.2) is 0 Å². The van der Waals surface area contributed by atoms with Gasteiger partial charge in [0.15, 0.2) is 5.11 Å². The molecule has 0 aliphatic rings. The molecular weight excluding hydrogens is 418 g/mol. The standard InChI is InChI=1S/C26H27N3O2S/c1-18-13-21-15-22(25(30)28-24(21)14-19(18)2)16-29(17-23-9-6-12-31-23)26(32)27-11-10-20-7-4-3-5-8-20/h3-9,12-15H,10-11,16-17H2,1-2H3,(H,27,32)(H,28,30). The monoisotopic (exact) mass is 445 g/mol. The third-order valence-electron chi connectivity index (χ3n) is 5.64. The largest absolute Gasteiger partial charge is 0.467 e. The van der Waals surface area contributed by atoms with Crippen LogP contribution in [0.4, 0.5) is 0 Å². The zero-order valence-corrected chi connectivity index (χ0v) is 19.2. The molecule has 4 aromatic rings. The summed E-state index contributed by atoms with van der Waals surface area (Å²) in [5.74, 6) is 0.792. The highest BCUT2D eigenvalue weighted by Gasteiger charge is 2.15. The number of H-pyrrole nitrogens is 1. The number of furan rings is 1. The van der Waals surface area contributed by atoms with E-state index in [0.29, 0.717) is 30.3 Å². The van der Waals surface area contributed by atoms with Gasteiger partial charge in [0.2, 0.25) is 0 Å². The molecule has 0 radical (unpaired) electrons. The van der Waals surface area contributed by atoms with Crippen LogP contribution < -0.4 is 10.9 Å². The summed E-state index contributed by atoms with van der Waals surface area (Å²) in [6.45, 7) is 5.70. The van der Waals surface area contributed by atoms with Crippen LogP contribution in [0.3, 0.4) is 0 Å². The molecule has 32 heavy (non-hydrogen) atoms. The van der Waals surface area contributed by atoms with Gasteiger partial charge in [0.1, 0.15) is 5.76 Å². The molecule has 0 bridgehead atoms. The summed E-state index contributed by atoms with van der Waals surface area (Å²) in [5.41, 5.74) is 5.02. The summed E-state index contributed by atoms with van der Waals surface area (Å²) in [6, 6.07) is 20.1. The first-order valence-corrected chi connectivity index (χ1v) is 11.1. The fourth-order valence-corrected chi connectivity index (χ4v) is 3.94. The first-order chi connectivity index (χ1) is 15.5. The second-order valence-corrected chi connectivity index (χ2v) is 8.44. The van der Waals surface area contributed by atoms with Crippen LogP contribution in [0.1, 0.15) is 28.0 Å². The fraction of sp³-hybridized carbons (Fsp3) is 0.231. The van der Waals surface area contributed by atoms with Crippen molar-refractivity contribution in [3.63, 3.8) is 0 Å². The van der Waals surface area contributed by atoms with Gasteiger partial charge in [0, 0.05) is 17.6 Å². The highest BCUT2D eigenvalue weighted by Crippen LogP contribution is 2.18. The van der Waals surface area contributed by atoms with Crippen LogP contribution in [0.2, 0.25) is 0 Å². The third-order valence-corrected chi connectivity index (χ3v) is 6.05. The van der Waals surface area contributed by atoms with E-state index >= 15 is 0 Å². The molecule has 0 aliphatic carbocycles. The molecule has 4 rings (SSSR count). The Kier molecular flexibility index (Phi) is 6.71. The van der Waals surface area contributed by atoms with Gasteiger partial charge < -0.3 is 19.6 Å². The van der Waals surface area contributed by atoms with Gasteiger partial charge in [0.25, 0.3) is 5.56 Å². The van der Waals surface area contributed by atoms with Crippen molar-refractivity contribution in [2.75, 3.05) is 6.54 Å². The predicted molar refractivity (Wildman–Crippen MR) is 133 cm³/mol. The van der Waals surface area contributed by atoms with E-state index in [4.69, 9.17) is 16.6 Å². The minimum absolute atomic E-state index is 0.0997. The van der Waals surface area contributed by atoms with Gasteiger partial charge in [0.05, 0.1) is 19.4 Å². The number of benzene rings is 2. The Morgan fingerprint density at radius 3 is 2.56 bits per heavy atom. The maximum atomic E-state index is 12.8. The molecule has 0 amide bonds. The van der Waals surface area contributed by atoms with Crippen molar-refractivity contribution < 1.29 is 4.42 Å². The summed E-state index contributed by atoms with van der Waals surface area (Å²) >= 11 is 5.70. The summed E-state index contributed by atoms with van der Waals surface area (Å²) < 4.78 is 5.54. The van der Waals surface area contributed by atoms with Crippen LogP contribution >= 0.6 is 12.2 Å². The molecule has 164 valence electrons. The number of aromatic nitrogens is 1. The van der Waals surface area contributed by atoms with Gasteiger partial charge in [-0.05, 0) is 84.9 Å². The van der Waals surface area contributed by atoms with E-state index < -0.39 is 0 Å². The van der Waals surface area contributed by atoms with Crippen LogP contribution in [0.25, 0.3) is 10.9 Å². The zero-order chi connectivity index (χ0) is 22.5. The SMILES string of the molecule is Cc1cc2cc(CN(Cc3ccco3)C(=S)NCCc3ccccc3)c(=O)[nH]c2cc1C. The van der Waals surface area contributed by atoms with Gasteiger partial charge in [-0.15, -0.1) is 0 Å². The summed E-state index contributed by atoms with van der Waals surface area (Å²) in [6.07, 6.45) is 2.51. The molecule has 2 N–H and O–H groups in total. The molecule has 0 saturated heterocycles. The van der Waals surface area contributed by atoms with Gasteiger partial charge in [-0.1, -0.05) is 30.3 Å². The molecule has 0 aliphatic heterocycles. The molecule has 0 saturated carbocycles. The topological polar surface area (TPSA) is 61.3 Å². The maximum Gasteiger partial charge on any atom is 0.253 e. The lowest BCUT2D eigenvalue weighted by Gasteiger charge is -2.25. The fourth-order valence-electron chi connectivity index (χ4n) is 3.71. The highest BCUT2D eigenvalue weighted by molar-refractivity contribution is 7.80. The van der Waals surface area contributed by atoms with Gasteiger partial charge >= 0.3 is 0 Å². The number of nitrogens with one attached hydrogen (secondary N) is 2. The highest BCUT2D eigenvalue weighted by atomic mass is 32.1. The Balaban J connectivity index is 1.53. The predicted octanol–water partition coefficient (Wildman–Crippen LogP) is 4.86. The average Bonchev–Trinajstić information content (AvgIpc) is 3.29. The smallest absolute Gasteiger partial charge is 0.253 e. The van der Waals surface area contributed by atoms with Crippen molar-refractivity contribution in [1.82, 2.24) is 15.2 Å². The Labute approximate surface area is 193 Å². The molecule has 2 aromatic carbocycles. The molecule has 0 unspecified atom stereocenters. The van der Waals surface area contributed by atoms with E-state index in [2.05, 4.69) is 35.4 Å². The van der Waals surface area contributed by atoms with E-state index in [1.54, 1.807) is 6.26 Å².